The summed E-state index contributed by atoms with van der Waals surface area (Å²) in [4.78, 5) is 18.8. The van der Waals surface area contributed by atoms with Gasteiger partial charge in [0.05, 0.1) is 6.07 Å². The summed E-state index contributed by atoms with van der Waals surface area (Å²) in [6, 6.07) is 11.7. The van der Waals surface area contributed by atoms with Crippen molar-refractivity contribution in [1.82, 2.24) is 0 Å². The number of allylic oxidation sites excluding steroid dienone is 1. The lowest BCUT2D eigenvalue weighted by molar-refractivity contribution is -0.133. The van der Waals surface area contributed by atoms with Crippen LogP contribution in [0.2, 0.25) is 0 Å². The summed E-state index contributed by atoms with van der Waals surface area (Å²) in [5.41, 5.74) is 1.35. The van der Waals surface area contributed by atoms with Crippen molar-refractivity contribution in [3.63, 3.8) is 0 Å². The molecule has 1 aromatic carbocycles. The molecular weight excluding hydrogens is 294 g/mol. The van der Waals surface area contributed by atoms with E-state index in [0.717, 1.165) is 6.08 Å². The van der Waals surface area contributed by atoms with Crippen LogP contribution in [-0.2, 0) is 9.59 Å². The number of carbonyl (C=O) groups is 2. The fourth-order valence-corrected chi connectivity index (χ4v) is 0.589. The van der Waals surface area contributed by atoms with Crippen molar-refractivity contribution in [3.8, 4) is 6.07 Å². The van der Waals surface area contributed by atoms with Crippen LogP contribution >= 0.6 is 0 Å². The van der Waals surface area contributed by atoms with Crippen molar-refractivity contribution >= 4 is 18.0 Å². The summed E-state index contributed by atoms with van der Waals surface area (Å²) in [5, 5.41) is 23.0. The monoisotopic (exact) mass is 315 g/mol. The van der Waals surface area contributed by atoms with E-state index in [0.29, 0.717) is 0 Å². The Morgan fingerprint density at radius 2 is 1.48 bits per heavy atom. The molecule has 2 N–H and O–H groups in total. The third kappa shape index (κ3) is 27.7. The molecule has 0 spiro atoms. The Balaban J connectivity index is -0.000000242. The summed E-state index contributed by atoms with van der Waals surface area (Å²) in [6.45, 7) is 14.3. The molecule has 0 saturated carbocycles. The predicted molar refractivity (Wildman–Crippen MR) is 92.6 cm³/mol. The molecule has 0 aliphatic heterocycles. The van der Waals surface area contributed by atoms with E-state index >= 15 is 0 Å². The minimum absolute atomic E-state index is 0.176. The van der Waals surface area contributed by atoms with Gasteiger partial charge in [-0.25, -0.2) is 9.59 Å². The molecule has 23 heavy (non-hydrogen) atoms. The molecule has 0 fully saturated rings. The first-order chi connectivity index (χ1) is 10.8. The number of rotatable bonds is 3. The van der Waals surface area contributed by atoms with E-state index in [4.69, 9.17) is 15.5 Å². The highest BCUT2D eigenvalue weighted by atomic mass is 16.4. The minimum Gasteiger partial charge on any atom is -0.478 e. The van der Waals surface area contributed by atoms with Crippen molar-refractivity contribution in [3.05, 3.63) is 79.9 Å². The fraction of sp³-hybridized carbons (Fsp3) is 0.0556. The lowest BCUT2D eigenvalue weighted by Crippen LogP contribution is -1.92. The minimum atomic E-state index is -0.981. The van der Waals surface area contributed by atoms with Crippen molar-refractivity contribution in [2.75, 3.05) is 0 Å². The van der Waals surface area contributed by atoms with Crippen LogP contribution in [0.15, 0.2) is 74.4 Å². The van der Waals surface area contributed by atoms with Gasteiger partial charge in [0.25, 0.3) is 0 Å². The van der Waals surface area contributed by atoms with Crippen LogP contribution in [-0.4, -0.2) is 22.2 Å². The van der Waals surface area contributed by atoms with E-state index in [1.807, 2.05) is 36.4 Å². The molecule has 0 atom stereocenters. The third-order valence-electron chi connectivity index (χ3n) is 1.67. The van der Waals surface area contributed by atoms with Gasteiger partial charge in [-0.1, -0.05) is 62.7 Å². The first kappa shape index (κ1) is 24.6. The van der Waals surface area contributed by atoms with Gasteiger partial charge in [-0.2, -0.15) is 5.26 Å². The Kier molecular flexibility index (Phi) is 19.9. The second-order valence-corrected chi connectivity index (χ2v) is 3.58. The Labute approximate surface area is 136 Å². The molecule has 0 aromatic heterocycles. The van der Waals surface area contributed by atoms with E-state index < -0.39 is 11.9 Å². The van der Waals surface area contributed by atoms with E-state index in [9.17, 15) is 9.59 Å². The molecule has 5 nitrogen and oxygen atoms in total. The molecule has 0 unspecified atom stereocenters. The summed E-state index contributed by atoms with van der Waals surface area (Å²) >= 11 is 0. The summed E-state index contributed by atoms with van der Waals surface area (Å²) in [5.74, 6) is -1.92. The molecule has 1 aromatic rings. The molecule has 5 heteroatoms. The number of nitrogens with zero attached hydrogens (tertiary/aromatic N) is 1. The molecule has 0 heterocycles. The normalized spacial score (nSPS) is 6.96. The van der Waals surface area contributed by atoms with E-state index in [-0.39, 0.29) is 5.57 Å². The zero-order valence-electron chi connectivity index (χ0n) is 13.1. The van der Waals surface area contributed by atoms with Gasteiger partial charge in [0.1, 0.15) is 0 Å². The second kappa shape index (κ2) is 18.6. The highest BCUT2D eigenvalue weighted by Gasteiger charge is 1.90. The largest absolute Gasteiger partial charge is 0.478 e. The lowest BCUT2D eigenvalue weighted by atomic mass is 10.2. The van der Waals surface area contributed by atoms with Crippen molar-refractivity contribution in [2.24, 2.45) is 0 Å². The average molecular weight is 315 g/mol. The standard InChI is InChI=1S/C8H8.C4H6O2.C3H3N.C3H4O2/c1-2-8-6-4-3-5-7-8;1-3(2)4(5)6;1-2-3-4;1-2-3(4)5/h2-7H,1H2;1H2,2H3,(H,5,6);2H,1H2;2H,1H2,(H,4,5). The zero-order chi connectivity index (χ0) is 18.7. The van der Waals surface area contributed by atoms with Crippen LogP contribution < -0.4 is 0 Å². The SMILES string of the molecule is C=C(C)C(=O)O.C=CC#N.C=CC(=O)O.C=Cc1ccccc1. The highest BCUT2D eigenvalue weighted by molar-refractivity contribution is 5.84. The molecule has 1 rings (SSSR count). The Hall–Kier alpha value is -3.39. The average Bonchev–Trinajstić information content (AvgIpc) is 2.56. The Bertz CT molecular complexity index is 542. The van der Waals surface area contributed by atoms with E-state index in [2.05, 4.69) is 26.3 Å². The lowest BCUT2D eigenvalue weighted by Gasteiger charge is -1.85. The Morgan fingerprint density at radius 3 is 1.61 bits per heavy atom. The molecule has 122 valence electrons. The molecule has 0 amide bonds. The molecular formula is C18H21NO4. The van der Waals surface area contributed by atoms with Crippen LogP contribution in [0.5, 0.6) is 0 Å². The molecule has 0 saturated heterocycles. The number of benzene rings is 1. The van der Waals surface area contributed by atoms with Crippen LogP contribution in [0.3, 0.4) is 0 Å². The van der Waals surface area contributed by atoms with Crippen LogP contribution in [0, 0.1) is 11.3 Å². The number of aliphatic carboxylic acids is 2. The fourth-order valence-electron chi connectivity index (χ4n) is 0.589. The first-order valence-corrected chi connectivity index (χ1v) is 6.18. The van der Waals surface area contributed by atoms with Crippen LogP contribution in [0.4, 0.5) is 0 Å². The highest BCUT2D eigenvalue weighted by Crippen LogP contribution is 1.97. The van der Waals surface area contributed by atoms with E-state index in [1.54, 1.807) is 6.07 Å². The Morgan fingerprint density at radius 1 is 1.13 bits per heavy atom. The maximum absolute atomic E-state index is 9.60. The van der Waals surface area contributed by atoms with E-state index in [1.165, 1.54) is 18.6 Å². The topological polar surface area (TPSA) is 98.4 Å². The summed E-state index contributed by atoms with van der Waals surface area (Å²) in [7, 11) is 0. The number of carboxylic acids is 2. The smallest absolute Gasteiger partial charge is 0.330 e. The quantitative estimate of drug-likeness (QED) is 0.650. The van der Waals surface area contributed by atoms with Crippen LogP contribution in [0.1, 0.15) is 12.5 Å². The van der Waals surface area contributed by atoms with Gasteiger partial charge < -0.3 is 10.2 Å². The van der Waals surface area contributed by atoms with Gasteiger partial charge in [0.2, 0.25) is 0 Å². The first-order valence-electron chi connectivity index (χ1n) is 6.18. The maximum Gasteiger partial charge on any atom is 0.330 e. The van der Waals surface area contributed by atoms with Gasteiger partial charge in [0, 0.05) is 17.7 Å². The maximum atomic E-state index is 9.60. The second-order valence-electron chi connectivity index (χ2n) is 3.58. The predicted octanol–water partition coefficient (Wildman–Crippen LogP) is 3.93. The molecule has 0 aliphatic rings. The number of nitriles is 1. The van der Waals surface area contributed by atoms with Crippen molar-refractivity contribution in [2.45, 2.75) is 6.92 Å². The molecule has 0 radical (unpaired) electrons. The molecule has 0 aliphatic carbocycles. The number of carboxylic acid groups (broad SMARTS) is 2. The van der Waals surface area contributed by atoms with Crippen LogP contribution in [0.25, 0.3) is 6.08 Å². The number of hydrogen-bond donors (Lipinski definition) is 2. The summed E-state index contributed by atoms with van der Waals surface area (Å²) < 4.78 is 0. The molecule has 0 bridgehead atoms. The summed E-state index contributed by atoms with van der Waals surface area (Å²) in [6.07, 6.45) is 3.85. The van der Waals surface area contributed by atoms with Gasteiger partial charge in [-0.3, -0.25) is 0 Å². The van der Waals surface area contributed by atoms with Crippen molar-refractivity contribution in [1.29, 1.82) is 5.26 Å². The van der Waals surface area contributed by atoms with Gasteiger partial charge in [-0.05, 0) is 12.5 Å². The van der Waals surface area contributed by atoms with Gasteiger partial charge >= 0.3 is 11.9 Å². The van der Waals surface area contributed by atoms with Gasteiger partial charge in [-0.15, -0.1) is 0 Å². The number of hydrogen-bond acceptors (Lipinski definition) is 3. The third-order valence-corrected chi connectivity index (χ3v) is 1.67. The zero-order valence-corrected chi connectivity index (χ0v) is 13.1. The van der Waals surface area contributed by atoms with Crippen molar-refractivity contribution < 1.29 is 19.8 Å². The van der Waals surface area contributed by atoms with Gasteiger partial charge in [0.15, 0.2) is 0 Å².